The number of thiazole rings is 1. The number of anilines is 3. The van der Waals surface area contributed by atoms with Crippen molar-refractivity contribution in [3.05, 3.63) is 53.6 Å². The molecule has 5 amide bonds. The monoisotopic (exact) mass is 642 g/mol. The maximum Gasteiger partial charge on any atom is 0.329 e. The molecule has 17 heteroatoms. The average molecular weight is 643 g/mol. The van der Waals surface area contributed by atoms with Gasteiger partial charge in [-0.25, -0.2) is 23.4 Å². The molecule has 1 aliphatic rings. The largest absolute Gasteiger partial charge is 0.497 e. The molecule has 0 aliphatic heterocycles. The van der Waals surface area contributed by atoms with Crippen LogP contribution < -0.4 is 31.7 Å². The van der Waals surface area contributed by atoms with Crippen LogP contribution in [0.2, 0.25) is 0 Å². The van der Waals surface area contributed by atoms with Crippen molar-refractivity contribution >= 4 is 45.9 Å². The molecule has 0 unspecified atom stereocenters. The number of urea groups is 2. The number of benzene rings is 2. The first-order chi connectivity index (χ1) is 21.5. The molecular weight excluding hydrogens is 614 g/mol. The lowest BCUT2D eigenvalue weighted by molar-refractivity contribution is 0.00726. The summed E-state index contributed by atoms with van der Waals surface area (Å²) in [6, 6.07) is 6.03. The molecule has 0 spiro atoms. The highest BCUT2D eigenvalue weighted by Gasteiger charge is 2.30. The zero-order valence-corrected chi connectivity index (χ0v) is 24.6. The van der Waals surface area contributed by atoms with E-state index in [0.29, 0.717) is 24.7 Å². The van der Waals surface area contributed by atoms with E-state index in [4.69, 9.17) is 15.0 Å². The minimum Gasteiger partial charge on any atom is -0.497 e. The minimum atomic E-state index is -1.03. The molecular formula is C28H28F2N8O6S. The van der Waals surface area contributed by atoms with Crippen LogP contribution in [-0.4, -0.2) is 57.5 Å². The molecule has 2 aromatic carbocycles. The highest BCUT2D eigenvalue weighted by molar-refractivity contribution is 7.19. The number of nitrogen functional groups attached to an aromatic ring is 1. The highest BCUT2D eigenvalue weighted by atomic mass is 32.1. The molecule has 0 atom stereocenters. The number of halogens is 2. The quantitative estimate of drug-likeness (QED) is 0.159. The van der Waals surface area contributed by atoms with Gasteiger partial charge in [-0.3, -0.25) is 15.4 Å². The van der Waals surface area contributed by atoms with E-state index in [-0.39, 0.29) is 50.9 Å². The van der Waals surface area contributed by atoms with Gasteiger partial charge in [0.15, 0.2) is 5.13 Å². The van der Waals surface area contributed by atoms with Crippen LogP contribution in [0.1, 0.15) is 42.5 Å². The summed E-state index contributed by atoms with van der Waals surface area (Å²) < 4.78 is 39.7. The van der Waals surface area contributed by atoms with Gasteiger partial charge in [-0.15, -0.1) is 0 Å². The van der Waals surface area contributed by atoms with Crippen molar-refractivity contribution in [3.8, 4) is 27.9 Å². The zero-order valence-electron chi connectivity index (χ0n) is 23.8. The summed E-state index contributed by atoms with van der Waals surface area (Å²) in [5.41, 5.74) is 4.52. The van der Waals surface area contributed by atoms with E-state index >= 15 is 0 Å². The lowest BCUT2D eigenvalue weighted by atomic mass is 9.85. The van der Waals surface area contributed by atoms with Gasteiger partial charge in [-0.05, 0) is 37.1 Å². The van der Waals surface area contributed by atoms with Crippen LogP contribution in [0.25, 0.3) is 22.2 Å². The summed E-state index contributed by atoms with van der Waals surface area (Å²) in [4.78, 5) is 45.4. The predicted octanol–water partition coefficient (Wildman–Crippen LogP) is 4.51. The normalized spacial score (nSPS) is 14.0. The topological polar surface area (TPSA) is 207 Å². The number of ether oxygens (including phenoxy) is 1. The van der Waals surface area contributed by atoms with E-state index in [9.17, 15) is 28.3 Å². The Bertz CT molecular complexity index is 1740. The van der Waals surface area contributed by atoms with Crippen molar-refractivity contribution < 1.29 is 37.5 Å². The third kappa shape index (κ3) is 7.50. The Balaban J connectivity index is 1.25. The van der Waals surface area contributed by atoms with Gasteiger partial charge in [0.2, 0.25) is 5.82 Å². The number of imide groups is 1. The number of hydrogen-bond acceptors (Lipinski definition) is 11. The summed E-state index contributed by atoms with van der Waals surface area (Å²) in [5, 5.41) is 23.5. The fourth-order valence-electron chi connectivity index (χ4n) is 4.65. The summed E-state index contributed by atoms with van der Waals surface area (Å²) in [5.74, 6) is -2.88. The second-order valence-electron chi connectivity index (χ2n) is 10.2. The fourth-order valence-corrected chi connectivity index (χ4v) is 5.45. The van der Waals surface area contributed by atoms with E-state index in [1.807, 2.05) is 0 Å². The molecule has 45 heavy (non-hydrogen) atoms. The molecule has 236 valence electrons. The minimum absolute atomic E-state index is 0.00469. The summed E-state index contributed by atoms with van der Waals surface area (Å²) in [7, 11) is 1.43. The molecule has 0 radical (unpaired) electrons. The maximum absolute atomic E-state index is 14.8. The van der Waals surface area contributed by atoms with Gasteiger partial charge in [0, 0.05) is 18.2 Å². The van der Waals surface area contributed by atoms with Gasteiger partial charge in [-0.2, -0.15) is 4.98 Å². The van der Waals surface area contributed by atoms with Crippen LogP contribution in [0.4, 0.5) is 35.0 Å². The van der Waals surface area contributed by atoms with Crippen molar-refractivity contribution in [2.24, 2.45) is 0 Å². The number of carbonyl (C=O) groups is 3. The fraction of sp³-hybridized carbons (Fsp3) is 0.286. The smallest absolute Gasteiger partial charge is 0.329 e. The Morgan fingerprint density at radius 2 is 1.84 bits per heavy atom. The van der Waals surface area contributed by atoms with E-state index in [1.54, 1.807) is 12.1 Å². The summed E-state index contributed by atoms with van der Waals surface area (Å²) in [6.45, 7) is 0.00469. The standard InChI is InChI=1S/C28H28F2N8O6S/c1-43-15-7-5-6-14(10-15)23(39)33-19-11-16(17(29)12-18(19)30)22-35-24(44-38-22)20-21(31)34-27(45-20)37-26(41)36-25(40)32-13-28(42)8-3-2-4-9-28/h5-7,10-12,42H,2-4,8-9,13,31H2,1H3,(H,33,39)(H3,32,34,36,37,40,41). The molecule has 4 aromatic rings. The molecule has 0 bridgehead atoms. The van der Waals surface area contributed by atoms with Crippen molar-refractivity contribution in [2.45, 2.75) is 37.7 Å². The van der Waals surface area contributed by atoms with Crippen LogP contribution >= 0.6 is 11.3 Å². The Hall–Kier alpha value is -5.16. The van der Waals surface area contributed by atoms with Crippen LogP contribution in [0.15, 0.2) is 40.9 Å². The Morgan fingerprint density at radius 1 is 1.07 bits per heavy atom. The van der Waals surface area contributed by atoms with Gasteiger partial charge >= 0.3 is 12.1 Å². The molecule has 1 aliphatic carbocycles. The van der Waals surface area contributed by atoms with Crippen LogP contribution in [0.5, 0.6) is 5.75 Å². The predicted molar refractivity (Wildman–Crippen MR) is 160 cm³/mol. The zero-order chi connectivity index (χ0) is 32.1. The van der Waals surface area contributed by atoms with Gasteiger partial charge < -0.3 is 30.7 Å². The lowest BCUT2D eigenvalue weighted by Gasteiger charge is -2.31. The number of hydrogen-bond donors (Lipinski definition) is 6. The Morgan fingerprint density at radius 3 is 2.60 bits per heavy atom. The number of amides is 5. The third-order valence-corrected chi connectivity index (χ3v) is 7.94. The molecule has 14 nitrogen and oxygen atoms in total. The average Bonchev–Trinajstić information content (AvgIpc) is 3.64. The number of rotatable bonds is 8. The van der Waals surface area contributed by atoms with E-state index < -0.39 is 35.2 Å². The molecule has 2 heterocycles. The van der Waals surface area contributed by atoms with Crippen molar-refractivity contribution in [2.75, 3.05) is 30.0 Å². The van der Waals surface area contributed by atoms with E-state index in [0.717, 1.165) is 36.7 Å². The number of methoxy groups -OCH3 is 1. The van der Waals surface area contributed by atoms with E-state index in [1.165, 1.54) is 19.2 Å². The van der Waals surface area contributed by atoms with Gasteiger partial charge in [0.1, 0.15) is 28.1 Å². The molecule has 5 rings (SSSR count). The van der Waals surface area contributed by atoms with Gasteiger partial charge in [0.05, 0.1) is 24.0 Å². The Kier molecular flexibility index (Phi) is 9.19. The van der Waals surface area contributed by atoms with Gasteiger partial charge in [-0.1, -0.05) is 41.8 Å². The SMILES string of the molecule is COc1cccc(C(=O)Nc2cc(-c3noc(-c4sc(NC(=O)NC(=O)NCC5(O)CCCCC5)nc4N)n3)c(F)cc2F)c1. The number of carbonyl (C=O) groups excluding carboxylic acids is 3. The van der Waals surface area contributed by atoms with Crippen LogP contribution in [-0.2, 0) is 0 Å². The van der Waals surface area contributed by atoms with E-state index in [2.05, 4.69) is 36.4 Å². The Labute approximate surface area is 258 Å². The van der Waals surface area contributed by atoms with Gasteiger partial charge in [0.25, 0.3) is 11.8 Å². The van der Waals surface area contributed by atoms with Crippen LogP contribution in [0, 0.1) is 11.6 Å². The second kappa shape index (κ2) is 13.2. The molecule has 2 aromatic heterocycles. The first-order valence-electron chi connectivity index (χ1n) is 13.7. The number of nitrogens with one attached hydrogen (secondary N) is 4. The molecule has 1 fully saturated rings. The number of nitrogens with zero attached hydrogens (tertiary/aromatic N) is 3. The van der Waals surface area contributed by atoms with Crippen molar-refractivity contribution in [3.63, 3.8) is 0 Å². The van der Waals surface area contributed by atoms with Crippen molar-refractivity contribution in [1.29, 1.82) is 0 Å². The summed E-state index contributed by atoms with van der Waals surface area (Å²) >= 11 is 0.834. The number of nitrogens with two attached hydrogens (primary N) is 1. The highest BCUT2D eigenvalue weighted by Crippen LogP contribution is 2.36. The summed E-state index contributed by atoms with van der Waals surface area (Å²) in [6.07, 6.45) is 3.87. The second-order valence-corrected chi connectivity index (χ2v) is 11.2. The van der Waals surface area contributed by atoms with Crippen LogP contribution in [0.3, 0.4) is 0 Å². The molecule has 1 saturated carbocycles. The maximum atomic E-state index is 14.8. The lowest BCUT2D eigenvalue weighted by Crippen LogP contribution is -2.49. The molecule has 7 N–H and O–H groups in total. The van der Waals surface area contributed by atoms with Crippen molar-refractivity contribution in [1.82, 2.24) is 25.8 Å². The third-order valence-electron chi connectivity index (χ3n) is 6.96. The number of aromatic nitrogens is 3. The molecule has 0 saturated heterocycles. The first-order valence-corrected chi connectivity index (χ1v) is 14.5. The first kappa shape index (κ1) is 31.3. The number of aliphatic hydroxyl groups is 1.